The zero-order valence-electron chi connectivity index (χ0n) is 21.1. The highest BCUT2D eigenvalue weighted by Crippen LogP contribution is 2.43. The number of hydrogen-bond donors (Lipinski definition) is 2. The molecule has 0 aliphatic carbocycles. The molecule has 7 nitrogen and oxygen atoms in total. The van der Waals surface area contributed by atoms with Crippen LogP contribution in [0, 0.1) is 17.3 Å². The number of rotatable bonds is 11. The van der Waals surface area contributed by atoms with E-state index in [0.29, 0.717) is 30.8 Å². The summed E-state index contributed by atoms with van der Waals surface area (Å²) in [6.45, 7) is 10.4. The predicted octanol–water partition coefficient (Wildman–Crippen LogP) is 4.41. The Balaban J connectivity index is 1.95. The van der Waals surface area contributed by atoms with Crippen molar-refractivity contribution in [3.63, 3.8) is 0 Å². The Hall–Kier alpha value is -2.41. The van der Waals surface area contributed by atoms with Gasteiger partial charge in [-0.1, -0.05) is 53.2 Å². The van der Waals surface area contributed by atoms with Gasteiger partial charge in [0, 0.05) is 38.3 Å². The van der Waals surface area contributed by atoms with E-state index in [1.54, 1.807) is 24.1 Å². The molecular formula is C26H41N3O4. The molecule has 1 saturated heterocycles. The summed E-state index contributed by atoms with van der Waals surface area (Å²) in [5, 5.41) is 13.4. The third-order valence-corrected chi connectivity index (χ3v) is 7.02. The first-order valence-corrected chi connectivity index (χ1v) is 12.2. The Bertz CT molecular complexity index is 841. The Morgan fingerprint density at radius 2 is 1.94 bits per heavy atom. The zero-order valence-corrected chi connectivity index (χ0v) is 21.1. The van der Waals surface area contributed by atoms with E-state index >= 15 is 0 Å². The molecule has 3 unspecified atom stereocenters. The number of likely N-dealkylation sites (tertiary alicyclic amines) is 1. The smallest absolute Gasteiger partial charge is 0.229 e. The lowest BCUT2D eigenvalue weighted by atomic mass is 9.71. The maximum absolute atomic E-state index is 13.0. The standard InChI is InChI=1S/C26H41N3O4/c1-7-15-26(5,8-2)19-17-23(31)29(25(19)33)16-11-14-22(30)27-20-12-9-10-13-21(20)28(6)24(32)18(3)4/h9-10,12-13,18-19,23,31H,7-8,11,14-17H2,1-6H3,(H,27,30). The van der Waals surface area contributed by atoms with Gasteiger partial charge in [0.15, 0.2) is 0 Å². The summed E-state index contributed by atoms with van der Waals surface area (Å²) in [5.41, 5.74) is 1.11. The Labute approximate surface area is 198 Å². The van der Waals surface area contributed by atoms with Crippen molar-refractivity contribution in [2.45, 2.75) is 79.4 Å². The van der Waals surface area contributed by atoms with Crippen LogP contribution < -0.4 is 10.2 Å². The number of anilines is 2. The van der Waals surface area contributed by atoms with Gasteiger partial charge in [-0.15, -0.1) is 0 Å². The molecule has 1 aliphatic heterocycles. The summed E-state index contributed by atoms with van der Waals surface area (Å²) in [6.07, 6.45) is 3.20. The lowest BCUT2D eigenvalue weighted by molar-refractivity contribution is -0.138. The Morgan fingerprint density at radius 3 is 2.55 bits per heavy atom. The van der Waals surface area contributed by atoms with Crippen molar-refractivity contribution in [3.05, 3.63) is 24.3 Å². The zero-order chi connectivity index (χ0) is 24.8. The van der Waals surface area contributed by atoms with E-state index in [4.69, 9.17) is 0 Å². The van der Waals surface area contributed by atoms with Gasteiger partial charge < -0.3 is 20.2 Å². The number of benzene rings is 1. The fourth-order valence-corrected chi connectivity index (χ4v) is 4.80. The molecule has 1 heterocycles. The molecule has 2 rings (SSSR count). The molecule has 3 amide bonds. The van der Waals surface area contributed by atoms with Gasteiger partial charge in [-0.3, -0.25) is 14.4 Å². The van der Waals surface area contributed by atoms with E-state index in [2.05, 4.69) is 26.1 Å². The summed E-state index contributed by atoms with van der Waals surface area (Å²) >= 11 is 0. The van der Waals surface area contributed by atoms with E-state index in [1.165, 1.54) is 4.90 Å². The van der Waals surface area contributed by atoms with E-state index in [0.717, 1.165) is 19.3 Å². The number of nitrogens with one attached hydrogen (secondary N) is 1. The highest BCUT2D eigenvalue weighted by molar-refractivity contribution is 6.01. The van der Waals surface area contributed by atoms with Crippen LogP contribution >= 0.6 is 0 Å². The van der Waals surface area contributed by atoms with Crippen LogP contribution in [0.15, 0.2) is 24.3 Å². The molecule has 2 N–H and O–H groups in total. The summed E-state index contributed by atoms with van der Waals surface area (Å²) in [6, 6.07) is 7.22. The molecule has 0 saturated carbocycles. The maximum Gasteiger partial charge on any atom is 0.229 e. The number of aliphatic hydroxyl groups is 1. The minimum Gasteiger partial charge on any atom is -0.373 e. The van der Waals surface area contributed by atoms with E-state index in [9.17, 15) is 19.5 Å². The van der Waals surface area contributed by atoms with Crippen molar-refractivity contribution in [2.24, 2.45) is 17.3 Å². The van der Waals surface area contributed by atoms with Crippen LogP contribution in [0.1, 0.15) is 73.1 Å². The molecule has 1 fully saturated rings. The number of aliphatic hydroxyl groups excluding tert-OH is 1. The quantitative estimate of drug-likeness (QED) is 0.513. The predicted molar refractivity (Wildman–Crippen MR) is 132 cm³/mol. The molecule has 184 valence electrons. The molecule has 0 bridgehead atoms. The summed E-state index contributed by atoms with van der Waals surface area (Å²) < 4.78 is 0. The van der Waals surface area contributed by atoms with Gasteiger partial charge in [0.25, 0.3) is 0 Å². The van der Waals surface area contributed by atoms with Crippen LogP contribution in [0.3, 0.4) is 0 Å². The maximum atomic E-state index is 13.0. The lowest BCUT2D eigenvalue weighted by Gasteiger charge is -2.33. The summed E-state index contributed by atoms with van der Waals surface area (Å²) in [5.74, 6) is -0.546. The second kappa shape index (κ2) is 11.6. The first-order valence-electron chi connectivity index (χ1n) is 12.2. The molecule has 3 atom stereocenters. The monoisotopic (exact) mass is 459 g/mol. The van der Waals surface area contributed by atoms with Gasteiger partial charge in [-0.25, -0.2) is 0 Å². The van der Waals surface area contributed by atoms with Crippen molar-refractivity contribution in [3.8, 4) is 0 Å². The number of hydrogen-bond acceptors (Lipinski definition) is 4. The highest BCUT2D eigenvalue weighted by Gasteiger charge is 2.46. The van der Waals surface area contributed by atoms with Gasteiger partial charge in [-0.2, -0.15) is 0 Å². The number of para-hydroxylation sites is 2. The van der Waals surface area contributed by atoms with Crippen LogP contribution in [0.25, 0.3) is 0 Å². The first kappa shape index (κ1) is 26.8. The normalized spacial score (nSPS) is 20.1. The number of carbonyl (C=O) groups is 3. The lowest BCUT2D eigenvalue weighted by Crippen LogP contribution is -2.38. The van der Waals surface area contributed by atoms with E-state index in [1.807, 2.05) is 26.0 Å². The minimum absolute atomic E-state index is 0.000114. The molecule has 7 heteroatoms. The second-order valence-electron chi connectivity index (χ2n) is 9.78. The van der Waals surface area contributed by atoms with E-state index < -0.39 is 6.23 Å². The van der Waals surface area contributed by atoms with Crippen molar-refractivity contribution < 1.29 is 19.5 Å². The van der Waals surface area contributed by atoms with Crippen LogP contribution in [0.4, 0.5) is 11.4 Å². The average Bonchev–Trinajstić information content (AvgIpc) is 3.07. The molecule has 1 aromatic rings. The van der Waals surface area contributed by atoms with Gasteiger partial charge in [0.2, 0.25) is 17.7 Å². The topological polar surface area (TPSA) is 89.9 Å². The van der Waals surface area contributed by atoms with E-state index in [-0.39, 0.29) is 41.4 Å². The third kappa shape index (κ3) is 6.34. The third-order valence-electron chi connectivity index (χ3n) is 7.02. The first-order chi connectivity index (χ1) is 15.6. The fourth-order valence-electron chi connectivity index (χ4n) is 4.80. The molecule has 1 aromatic carbocycles. The summed E-state index contributed by atoms with van der Waals surface area (Å²) in [7, 11) is 1.70. The van der Waals surface area contributed by atoms with Gasteiger partial charge >= 0.3 is 0 Å². The van der Waals surface area contributed by atoms with Gasteiger partial charge in [0.1, 0.15) is 6.23 Å². The fraction of sp³-hybridized carbons (Fsp3) is 0.654. The van der Waals surface area contributed by atoms with Crippen LogP contribution in [0.2, 0.25) is 0 Å². The van der Waals surface area contributed by atoms with Crippen LogP contribution in [0.5, 0.6) is 0 Å². The van der Waals surface area contributed by atoms with Crippen molar-refractivity contribution in [1.29, 1.82) is 0 Å². The SMILES string of the molecule is CCCC(C)(CC)C1CC(O)N(CCCC(=O)Nc2ccccc2N(C)C(=O)C(C)C)C1=O. The average molecular weight is 460 g/mol. The number of amides is 3. The van der Waals surface area contributed by atoms with Crippen molar-refractivity contribution in [1.82, 2.24) is 4.90 Å². The van der Waals surface area contributed by atoms with Gasteiger partial charge in [0.05, 0.1) is 11.4 Å². The molecule has 1 aliphatic rings. The molecule has 33 heavy (non-hydrogen) atoms. The Kier molecular flexibility index (Phi) is 9.46. The van der Waals surface area contributed by atoms with Crippen LogP contribution in [-0.4, -0.2) is 47.5 Å². The molecule has 0 aromatic heterocycles. The summed E-state index contributed by atoms with van der Waals surface area (Å²) in [4.78, 5) is 41.1. The molecule has 0 radical (unpaired) electrons. The van der Waals surface area contributed by atoms with Crippen molar-refractivity contribution in [2.75, 3.05) is 23.8 Å². The van der Waals surface area contributed by atoms with Crippen molar-refractivity contribution >= 4 is 29.1 Å². The van der Waals surface area contributed by atoms with Crippen LogP contribution in [-0.2, 0) is 14.4 Å². The largest absolute Gasteiger partial charge is 0.373 e. The molecule has 0 spiro atoms. The number of carbonyl (C=O) groups excluding carboxylic acids is 3. The Morgan fingerprint density at radius 1 is 1.27 bits per heavy atom. The minimum atomic E-state index is -0.787. The molecular weight excluding hydrogens is 418 g/mol. The second-order valence-corrected chi connectivity index (χ2v) is 9.78. The van der Waals surface area contributed by atoms with Gasteiger partial charge in [-0.05, 0) is 36.8 Å². The highest BCUT2D eigenvalue weighted by atomic mass is 16.3. The number of nitrogens with zero attached hydrogens (tertiary/aromatic N) is 2.